The van der Waals surface area contributed by atoms with Gasteiger partial charge in [0.1, 0.15) is 0 Å². The summed E-state index contributed by atoms with van der Waals surface area (Å²) in [4.78, 5) is 13.6. The van der Waals surface area contributed by atoms with E-state index < -0.39 is 6.04 Å². The summed E-state index contributed by atoms with van der Waals surface area (Å²) in [7, 11) is 0. The number of benzene rings is 1. The third-order valence-corrected chi connectivity index (χ3v) is 2.44. The van der Waals surface area contributed by atoms with E-state index in [0.29, 0.717) is 6.54 Å². The number of para-hydroxylation sites is 1. The second kappa shape index (κ2) is 7.11. The molecule has 92 valence electrons. The van der Waals surface area contributed by atoms with Crippen molar-refractivity contribution in [3.63, 3.8) is 0 Å². The van der Waals surface area contributed by atoms with Crippen molar-refractivity contribution in [2.45, 2.75) is 18.9 Å². The SMILES string of the molecule is C#CCC(N)C(=O)N(CCC#N)c1ccccc1. The van der Waals surface area contributed by atoms with Gasteiger partial charge in [-0.2, -0.15) is 5.26 Å². The number of terminal acetylenes is 1. The molecule has 0 spiro atoms. The first-order valence-corrected chi connectivity index (χ1v) is 5.63. The van der Waals surface area contributed by atoms with Crippen LogP contribution < -0.4 is 10.6 Å². The zero-order valence-electron chi connectivity index (χ0n) is 10.0. The maximum Gasteiger partial charge on any atom is 0.244 e. The standard InChI is InChI=1S/C14H15N3O/c1-2-7-13(16)14(18)17(11-6-10-15)12-8-4-3-5-9-12/h1,3-5,8-9,13H,6-7,11,16H2. The van der Waals surface area contributed by atoms with Crippen molar-refractivity contribution < 1.29 is 4.79 Å². The normalized spacial score (nSPS) is 11.1. The maximum atomic E-state index is 12.1. The second-order valence-corrected chi connectivity index (χ2v) is 3.75. The van der Waals surface area contributed by atoms with Gasteiger partial charge >= 0.3 is 0 Å². The van der Waals surface area contributed by atoms with Crippen LogP contribution >= 0.6 is 0 Å². The molecule has 0 radical (unpaired) electrons. The van der Waals surface area contributed by atoms with E-state index >= 15 is 0 Å². The number of carbonyl (C=O) groups excluding carboxylic acids is 1. The summed E-state index contributed by atoms with van der Waals surface area (Å²) in [6.45, 7) is 0.317. The Bertz CT molecular complexity index is 470. The fourth-order valence-electron chi connectivity index (χ4n) is 1.55. The molecule has 0 fully saturated rings. The molecule has 4 heteroatoms. The lowest BCUT2D eigenvalue weighted by Crippen LogP contribution is -2.44. The molecule has 1 aromatic carbocycles. The fourth-order valence-corrected chi connectivity index (χ4v) is 1.55. The van der Waals surface area contributed by atoms with E-state index in [1.807, 2.05) is 24.3 Å². The highest BCUT2D eigenvalue weighted by molar-refractivity contribution is 5.97. The summed E-state index contributed by atoms with van der Waals surface area (Å²) >= 11 is 0. The smallest absolute Gasteiger partial charge is 0.244 e. The zero-order valence-corrected chi connectivity index (χ0v) is 10.0. The number of hydrogen-bond acceptors (Lipinski definition) is 3. The van der Waals surface area contributed by atoms with Crippen LogP contribution in [-0.2, 0) is 4.79 Å². The predicted molar refractivity (Wildman–Crippen MR) is 70.5 cm³/mol. The summed E-state index contributed by atoms with van der Waals surface area (Å²) in [6.07, 6.45) is 5.60. The molecular formula is C14H15N3O. The number of nitrogens with zero attached hydrogens (tertiary/aromatic N) is 2. The van der Waals surface area contributed by atoms with Gasteiger partial charge in [-0.3, -0.25) is 4.79 Å². The second-order valence-electron chi connectivity index (χ2n) is 3.75. The molecule has 18 heavy (non-hydrogen) atoms. The molecule has 1 amide bonds. The fraction of sp³-hybridized carbons (Fsp3) is 0.286. The molecule has 4 nitrogen and oxygen atoms in total. The van der Waals surface area contributed by atoms with E-state index in [0.717, 1.165) is 5.69 Å². The molecule has 0 bridgehead atoms. The van der Waals surface area contributed by atoms with Gasteiger partial charge in [-0.15, -0.1) is 12.3 Å². The highest BCUT2D eigenvalue weighted by Crippen LogP contribution is 2.15. The Kier molecular flexibility index (Phi) is 5.44. The molecule has 1 aromatic rings. The van der Waals surface area contributed by atoms with Crippen molar-refractivity contribution in [2.75, 3.05) is 11.4 Å². The van der Waals surface area contributed by atoms with Crippen molar-refractivity contribution >= 4 is 11.6 Å². The average molecular weight is 241 g/mol. The van der Waals surface area contributed by atoms with Crippen LogP contribution in [0.5, 0.6) is 0 Å². The first-order valence-electron chi connectivity index (χ1n) is 5.63. The molecule has 0 saturated carbocycles. The lowest BCUT2D eigenvalue weighted by molar-refractivity contribution is -0.119. The van der Waals surface area contributed by atoms with Crippen LogP contribution in [0.4, 0.5) is 5.69 Å². The molecule has 1 rings (SSSR count). The Hall–Kier alpha value is -2.30. The van der Waals surface area contributed by atoms with Gasteiger partial charge in [0.05, 0.1) is 18.5 Å². The van der Waals surface area contributed by atoms with Crippen molar-refractivity contribution in [3.05, 3.63) is 30.3 Å². The van der Waals surface area contributed by atoms with Gasteiger partial charge < -0.3 is 10.6 Å². The Morgan fingerprint density at radius 2 is 2.11 bits per heavy atom. The summed E-state index contributed by atoms with van der Waals surface area (Å²) in [5.74, 6) is 2.12. The van der Waals surface area contributed by atoms with E-state index in [9.17, 15) is 4.79 Å². The van der Waals surface area contributed by atoms with Crippen molar-refractivity contribution in [2.24, 2.45) is 5.73 Å². The average Bonchev–Trinajstić information content (AvgIpc) is 2.40. The number of hydrogen-bond donors (Lipinski definition) is 1. The third kappa shape index (κ3) is 3.62. The number of amides is 1. The molecule has 1 unspecified atom stereocenters. The first kappa shape index (κ1) is 13.8. The van der Waals surface area contributed by atoms with Crippen LogP contribution in [0.3, 0.4) is 0 Å². The molecule has 0 aromatic heterocycles. The minimum atomic E-state index is -0.728. The molecule has 0 aliphatic rings. The van der Waals surface area contributed by atoms with Crippen LogP contribution in [-0.4, -0.2) is 18.5 Å². The van der Waals surface area contributed by atoms with Gasteiger partial charge in [-0.25, -0.2) is 0 Å². The summed E-state index contributed by atoms with van der Waals surface area (Å²) < 4.78 is 0. The summed E-state index contributed by atoms with van der Waals surface area (Å²) in [5, 5.41) is 8.63. The summed E-state index contributed by atoms with van der Waals surface area (Å²) in [5.41, 5.74) is 6.45. The molecule has 0 saturated heterocycles. The zero-order chi connectivity index (χ0) is 13.4. The van der Waals surface area contributed by atoms with Gasteiger partial charge in [0.2, 0.25) is 5.91 Å². The molecule has 0 aliphatic heterocycles. The third-order valence-electron chi connectivity index (χ3n) is 2.44. The highest BCUT2D eigenvalue weighted by atomic mass is 16.2. The van der Waals surface area contributed by atoms with Crippen molar-refractivity contribution in [1.29, 1.82) is 5.26 Å². The number of nitriles is 1. The maximum absolute atomic E-state index is 12.1. The van der Waals surface area contributed by atoms with Crippen LogP contribution in [0.25, 0.3) is 0 Å². The lowest BCUT2D eigenvalue weighted by Gasteiger charge is -2.24. The van der Waals surface area contributed by atoms with E-state index in [-0.39, 0.29) is 18.7 Å². The largest absolute Gasteiger partial charge is 0.319 e. The minimum absolute atomic E-state index is 0.189. The molecule has 2 N–H and O–H groups in total. The van der Waals surface area contributed by atoms with Crippen LogP contribution in [0.15, 0.2) is 30.3 Å². The van der Waals surface area contributed by atoms with E-state index in [4.69, 9.17) is 17.4 Å². The molecule has 0 aliphatic carbocycles. The van der Waals surface area contributed by atoms with Crippen LogP contribution in [0.2, 0.25) is 0 Å². The number of carbonyl (C=O) groups is 1. The Labute approximate surface area is 107 Å². The van der Waals surface area contributed by atoms with E-state index in [1.165, 1.54) is 4.90 Å². The van der Waals surface area contributed by atoms with Crippen molar-refractivity contribution in [3.8, 4) is 18.4 Å². The lowest BCUT2D eigenvalue weighted by atomic mass is 10.1. The van der Waals surface area contributed by atoms with Gasteiger partial charge in [0.25, 0.3) is 0 Å². The van der Waals surface area contributed by atoms with Crippen molar-refractivity contribution in [1.82, 2.24) is 0 Å². The summed E-state index contributed by atoms with van der Waals surface area (Å²) in [6, 6.07) is 10.4. The van der Waals surface area contributed by atoms with Crippen LogP contribution in [0.1, 0.15) is 12.8 Å². The topological polar surface area (TPSA) is 70.1 Å². The van der Waals surface area contributed by atoms with Gasteiger partial charge in [-0.05, 0) is 12.1 Å². The molecule has 0 heterocycles. The monoisotopic (exact) mass is 241 g/mol. The van der Waals surface area contributed by atoms with Crippen LogP contribution in [0, 0.1) is 23.7 Å². The van der Waals surface area contributed by atoms with Gasteiger partial charge in [0.15, 0.2) is 0 Å². The number of anilines is 1. The molecule has 1 atom stereocenters. The predicted octanol–water partition coefficient (Wildman–Crippen LogP) is 1.28. The number of rotatable bonds is 5. The minimum Gasteiger partial charge on any atom is -0.319 e. The Morgan fingerprint density at radius 3 is 2.67 bits per heavy atom. The Balaban J connectivity index is 2.89. The van der Waals surface area contributed by atoms with E-state index in [1.54, 1.807) is 12.1 Å². The quantitative estimate of drug-likeness (QED) is 0.789. The van der Waals surface area contributed by atoms with Gasteiger partial charge in [0, 0.05) is 18.7 Å². The van der Waals surface area contributed by atoms with E-state index in [2.05, 4.69) is 5.92 Å². The first-order chi connectivity index (χ1) is 8.70. The highest BCUT2D eigenvalue weighted by Gasteiger charge is 2.21. The van der Waals surface area contributed by atoms with Gasteiger partial charge in [-0.1, -0.05) is 18.2 Å². The number of nitrogens with two attached hydrogens (primary N) is 1. The molecular weight excluding hydrogens is 226 g/mol. The Morgan fingerprint density at radius 1 is 1.44 bits per heavy atom.